The van der Waals surface area contributed by atoms with E-state index < -0.39 is 12.0 Å². The number of carbonyl (C=O) groups is 1. The number of nitrogens with one attached hydrogen (secondary N) is 1. The molecule has 0 fully saturated rings. The molecule has 104 valence electrons. The van der Waals surface area contributed by atoms with Crippen LogP contribution < -0.4 is 10.1 Å². The number of rotatable bonds is 6. The zero-order chi connectivity index (χ0) is 14.4. The molecule has 0 saturated heterocycles. The molecule has 0 spiro atoms. The Morgan fingerprint density at radius 1 is 1.25 bits per heavy atom. The molecule has 5 heteroatoms. The smallest absolute Gasteiger partial charge is 0.325 e. The molecule has 1 aromatic heterocycles. The van der Waals surface area contributed by atoms with Gasteiger partial charge >= 0.3 is 5.97 Å². The van der Waals surface area contributed by atoms with Crippen molar-refractivity contribution in [2.45, 2.75) is 19.6 Å². The van der Waals surface area contributed by atoms with Crippen LogP contribution in [0, 0.1) is 0 Å². The zero-order valence-electron chi connectivity index (χ0n) is 11.1. The maximum atomic E-state index is 10.8. The van der Waals surface area contributed by atoms with Crippen molar-refractivity contribution in [3.63, 3.8) is 0 Å². The monoisotopic (exact) mass is 272 g/mol. The highest BCUT2D eigenvalue weighted by atomic mass is 16.5. The molecular formula is C15H16N2O3. The normalized spacial score (nSPS) is 11.7. The van der Waals surface area contributed by atoms with Crippen LogP contribution >= 0.6 is 0 Å². The standard InChI is InChI=1S/C15H16N2O3/c1-11(15(18)19)16-13-8-5-9-14(17-13)20-10-12-6-3-2-4-7-12/h2-9,11H,10H2,1H3,(H,16,17)(H,18,19)/t11-/m0/s1. The average molecular weight is 272 g/mol. The van der Waals surface area contributed by atoms with Gasteiger partial charge < -0.3 is 15.2 Å². The molecule has 1 aromatic carbocycles. The molecule has 0 unspecified atom stereocenters. The van der Waals surface area contributed by atoms with Gasteiger partial charge in [-0.05, 0) is 18.6 Å². The lowest BCUT2D eigenvalue weighted by Gasteiger charge is -2.11. The van der Waals surface area contributed by atoms with Crippen LogP contribution in [0.1, 0.15) is 12.5 Å². The largest absolute Gasteiger partial charge is 0.480 e. The molecule has 0 bridgehead atoms. The van der Waals surface area contributed by atoms with Gasteiger partial charge in [0, 0.05) is 6.07 Å². The third-order valence-corrected chi connectivity index (χ3v) is 2.69. The van der Waals surface area contributed by atoms with Gasteiger partial charge in [0.2, 0.25) is 5.88 Å². The number of pyridine rings is 1. The van der Waals surface area contributed by atoms with Gasteiger partial charge in [-0.1, -0.05) is 36.4 Å². The minimum absolute atomic E-state index is 0.422. The van der Waals surface area contributed by atoms with Crippen molar-refractivity contribution >= 4 is 11.8 Å². The van der Waals surface area contributed by atoms with E-state index in [9.17, 15) is 4.79 Å². The van der Waals surface area contributed by atoms with E-state index in [2.05, 4.69) is 10.3 Å². The third kappa shape index (κ3) is 3.98. The van der Waals surface area contributed by atoms with Gasteiger partial charge in [-0.15, -0.1) is 0 Å². The quantitative estimate of drug-likeness (QED) is 0.845. The van der Waals surface area contributed by atoms with Crippen molar-refractivity contribution in [3.05, 3.63) is 54.1 Å². The Hall–Kier alpha value is -2.56. The van der Waals surface area contributed by atoms with E-state index in [0.717, 1.165) is 5.56 Å². The van der Waals surface area contributed by atoms with E-state index >= 15 is 0 Å². The first kappa shape index (κ1) is 13.9. The fourth-order valence-electron chi connectivity index (χ4n) is 1.59. The zero-order valence-corrected chi connectivity index (χ0v) is 11.1. The summed E-state index contributed by atoms with van der Waals surface area (Å²) in [6.07, 6.45) is 0. The molecule has 2 aromatic rings. The van der Waals surface area contributed by atoms with Crippen molar-refractivity contribution < 1.29 is 14.6 Å². The summed E-state index contributed by atoms with van der Waals surface area (Å²) >= 11 is 0. The van der Waals surface area contributed by atoms with Gasteiger partial charge in [-0.25, -0.2) is 0 Å². The number of benzene rings is 1. The Morgan fingerprint density at radius 3 is 2.70 bits per heavy atom. The van der Waals surface area contributed by atoms with Crippen molar-refractivity contribution in [3.8, 4) is 5.88 Å². The average Bonchev–Trinajstić information content (AvgIpc) is 2.46. The minimum atomic E-state index is -0.928. The fourth-order valence-corrected chi connectivity index (χ4v) is 1.59. The molecule has 0 aliphatic heterocycles. The van der Waals surface area contributed by atoms with Crippen LogP contribution in [0.15, 0.2) is 48.5 Å². The van der Waals surface area contributed by atoms with Gasteiger partial charge in [0.1, 0.15) is 18.5 Å². The first-order chi connectivity index (χ1) is 9.65. The van der Waals surface area contributed by atoms with E-state index in [1.54, 1.807) is 25.1 Å². The van der Waals surface area contributed by atoms with Crippen LogP contribution in [-0.2, 0) is 11.4 Å². The summed E-state index contributed by atoms with van der Waals surface area (Å²) in [4.78, 5) is 15.0. The summed E-state index contributed by atoms with van der Waals surface area (Å²) in [5.41, 5.74) is 1.05. The number of carboxylic acid groups (broad SMARTS) is 1. The summed E-state index contributed by atoms with van der Waals surface area (Å²) in [6.45, 7) is 1.98. The van der Waals surface area contributed by atoms with Gasteiger partial charge in [0.05, 0.1) is 0 Å². The molecule has 0 radical (unpaired) electrons. The number of anilines is 1. The second-order valence-electron chi connectivity index (χ2n) is 4.34. The lowest BCUT2D eigenvalue weighted by atomic mass is 10.2. The summed E-state index contributed by atoms with van der Waals surface area (Å²) in [6, 6.07) is 14.3. The molecule has 5 nitrogen and oxygen atoms in total. The number of ether oxygens (including phenoxy) is 1. The predicted molar refractivity (Wildman–Crippen MR) is 75.7 cm³/mol. The lowest BCUT2D eigenvalue weighted by Crippen LogP contribution is -2.25. The molecule has 2 rings (SSSR count). The first-order valence-electron chi connectivity index (χ1n) is 6.28. The minimum Gasteiger partial charge on any atom is -0.480 e. The second kappa shape index (κ2) is 6.56. The van der Waals surface area contributed by atoms with Crippen molar-refractivity contribution in [2.75, 3.05) is 5.32 Å². The van der Waals surface area contributed by atoms with Gasteiger partial charge in [0.15, 0.2) is 0 Å². The van der Waals surface area contributed by atoms with Gasteiger partial charge in [-0.3, -0.25) is 4.79 Å². The third-order valence-electron chi connectivity index (χ3n) is 2.69. The maximum absolute atomic E-state index is 10.8. The molecule has 0 amide bonds. The predicted octanol–water partition coefficient (Wildman–Crippen LogP) is 2.55. The lowest BCUT2D eigenvalue weighted by molar-refractivity contribution is -0.137. The van der Waals surface area contributed by atoms with Crippen LogP contribution in [0.3, 0.4) is 0 Å². The van der Waals surface area contributed by atoms with Gasteiger partial charge in [-0.2, -0.15) is 4.98 Å². The first-order valence-corrected chi connectivity index (χ1v) is 6.28. The van der Waals surface area contributed by atoms with E-state index in [4.69, 9.17) is 9.84 Å². The number of carboxylic acids is 1. The molecule has 1 atom stereocenters. The molecule has 20 heavy (non-hydrogen) atoms. The summed E-state index contributed by atoms with van der Waals surface area (Å²) in [7, 11) is 0. The van der Waals surface area contributed by atoms with E-state index in [-0.39, 0.29) is 0 Å². The van der Waals surface area contributed by atoms with Crippen molar-refractivity contribution in [1.82, 2.24) is 4.98 Å². The molecular weight excluding hydrogens is 256 g/mol. The van der Waals surface area contributed by atoms with Crippen molar-refractivity contribution in [1.29, 1.82) is 0 Å². The van der Waals surface area contributed by atoms with Gasteiger partial charge in [0.25, 0.3) is 0 Å². The summed E-state index contributed by atoms with van der Waals surface area (Å²) in [5, 5.41) is 11.6. The number of hydrogen-bond acceptors (Lipinski definition) is 4. The molecule has 0 aliphatic carbocycles. The Kier molecular flexibility index (Phi) is 4.55. The van der Waals surface area contributed by atoms with E-state index in [0.29, 0.717) is 18.3 Å². The van der Waals surface area contributed by atoms with E-state index in [1.807, 2.05) is 30.3 Å². The SMILES string of the molecule is C[C@H](Nc1cccc(OCc2ccccc2)n1)C(=O)O. The molecule has 2 N–H and O–H groups in total. The highest BCUT2D eigenvalue weighted by Crippen LogP contribution is 2.14. The molecule has 0 aliphatic rings. The number of aliphatic carboxylic acids is 1. The summed E-state index contributed by atoms with van der Waals surface area (Å²) in [5.74, 6) is 0.00399. The Bertz CT molecular complexity index is 572. The van der Waals surface area contributed by atoms with Crippen LogP contribution in [0.5, 0.6) is 5.88 Å². The number of aromatic nitrogens is 1. The van der Waals surface area contributed by atoms with Crippen LogP contribution in [0.25, 0.3) is 0 Å². The van der Waals surface area contributed by atoms with Crippen LogP contribution in [-0.4, -0.2) is 22.1 Å². The molecule has 1 heterocycles. The Balaban J connectivity index is 1.97. The topological polar surface area (TPSA) is 71.5 Å². The fraction of sp³-hybridized carbons (Fsp3) is 0.200. The Labute approximate surface area is 117 Å². The maximum Gasteiger partial charge on any atom is 0.325 e. The highest BCUT2D eigenvalue weighted by Gasteiger charge is 2.10. The Morgan fingerprint density at radius 2 is 2.00 bits per heavy atom. The number of nitrogens with zero attached hydrogens (tertiary/aromatic N) is 1. The molecule has 0 saturated carbocycles. The highest BCUT2D eigenvalue weighted by molar-refractivity contribution is 5.76. The summed E-state index contributed by atoms with van der Waals surface area (Å²) < 4.78 is 5.58. The van der Waals surface area contributed by atoms with Crippen LogP contribution in [0.2, 0.25) is 0 Å². The number of hydrogen-bond donors (Lipinski definition) is 2. The second-order valence-corrected chi connectivity index (χ2v) is 4.34. The van der Waals surface area contributed by atoms with Crippen LogP contribution in [0.4, 0.5) is 5.82 Å². The van der Waals surface area contributed by atoms with Crippen molar-refractivity contribution in [2.24, 2.45) is 0 Å². The van der Waals surface area contributed by atoms with E-state index in [1.165, 1.54) is 0 Å².